The van der Waals surface area contributed by atoms with E-state index in [9.17, 15) is 14.4 Å². The maximum Gasteiger partial charge on any atom is 0.269 e. The van der Waals surface area contributed by atoms with E-state index in [1.807, 2.05) is 30.3 Å². The minimum Gasteiger partial charge on any atom is -0.352 e. The van der Waals surface area contributed by atoms with E-state index < -0.39 is 11.5 Å². The lowest BCUT2D eigenvalue weighted by molar-refractivity contribution is 0.0947. The summed E-state index contributed by atoms with van der Waals surface area (Å²) in [6, 6.07) is 14.3. The van der Waals surface area contributed by atoms with Gasteiger partial charge < -0.3 is 15.6 Å². The van der Waals surface area contributed by atoms with E-state index in [2.05, 4.69) is 25.8 Å². The minimum atomic E-state index is -0.441. The molecule has 0 aliphatic rings. The highest BCUT2D eigenvalue weighted by Gasteiger charge is 2.11. The fourth-order valence-corrected chi connectivity index (χ4v) is 2.48. The second-order valence-corrected chi connectivity index (χ2v) is 5.81. The molecular formula is C19H19N5O3. The molecular weight excluding hydrogens is 346 g/mol. The van der Waals surface area contributed by atoms with Crippen molar-refractivity contribution in [2.75, 3.05) is 13.1 Å². The van der Waals surface area contributed by atoms with Gasteiger partial charge in [0.1, 0.15) is 11.3 Å². The molecule has 2 aromatic heterocycles. The molecule has 27 heavy (non-hydrogen) atoms. The van der Waals surface area contributed by atoms with Gasteiger partial charge in [0.25, 0.3) is 17.4 Å². The molecule has 0 aliphatic heterocycles. The van der Waals surface area contributed by atoms with Crippen LogP contribution in [0.3, 0.4) is 0 Å². The maximum atomic E-state index is 12.1. The van der Waals surface area contributed by atoms with Gasteiger partial charge in [-0.2, -0.15) is 5.10 Å². The van der Waals surface area contributed by atoms with Crippen LogP contribution in [-0.4, -0.2) is 40.1 Å². The SMILES string of the molecule is O=C(NCCCNC(=O)c1ccc[nH]c1=O)c1cc(-c2ccccc2)n[nH]1. The quantitative estimate of drug-likeness (QED) is 0.472. The molecule has 4 N–H and O–H groups in total. The Hall–Kier alpha value is -3.68. The van der Waals surface area contributed by atoms with Gasteiger partial charge in [-0.25, -0.2) is 0 Å². The van der Waals surface area contributed by atoms with Crippen molar-refractivity contribution in [2.24, 2.45) is 0 Å². The van der Waals surface area contributed by atoms with Crippen LogP contribution in [0.1, 0.15) is 27.3 Å². The third-order valence-corrected chi connectivity index (χ3v) is 3.88. The molecule has 2 amide bonds. The van der Waals surface area contributed by atoms with Gasteiger partial charge in [0.2, 0.25) is 0 Å². The van der Waals surface area contributed by atoms with Gasteiger partial charge >= 0.3 is 0 Å². The topological polar surface area (TPSA) is 120 Å². The number of hydrogen-bond acceptors (Lipinski definition) is 4. The predicted octanol–water partition coefficient (Wildman–Crippen LogP) is 1.31. The average Bonchev–Trinajstić information content (AvgIpc) is 3.19. The number of nitrogens with zero attached hydrogens (tertiary/aromatic N) is 1. The second kappa shape index (κ2) is 8.61. The van der Waals surface area contributed by atoms with Crippen LogP contribution in [-0.2, 0) is 0 Å². The Bertz CT molecular complexity index is 978. The maximum absolute atomic E-state index is 12.1. The fraction of sp³-hybridized carbons (Fsp3) is 0.158. The van der Waals surface area contributed by atoms with Crippen LogP contribution in [0.25, 0.3) is 11.3 Å². The number of nitrogens with one attached hydrogen (secondary N) is 4. The Morgan fingerprint density at radius 1 is 0.963 bits per heavy atom. The second-order valence-electron chi connectivity index (χ2n) is 5.81. The molecule has 138 valence electrons. The van der Waals surface area contributed by atoms with E-state index in [1.54, 1.807) is 12.1 Å². The molecule has 2 heterocycles. The van der Waals surface area contributed by atoms with E-state index in [1.165, 1.54) is 12.3 Å². The third kappa shape index (κ3) is 4.69. The first-order valence-corrected chi connectivity index (χ1v) is 8.50. The number of aromatic amines is 2. The number of amides is 2. The molecule has 0 aliphatic carbocycles. The first-order chi connectivity index (χ1) is 13.1. The molecule has 8 heteroatoms. The zero-order valence-electron chi connectivity index (χ0n) is 14.5. The Morgan fingerprint density at radius 3 is 2.44 bits per heavy atom. The lowest BCUT2D eigenvalue weighted by atomic mass is 10.1. The van der Waals surface area contributed by atoms with Crippen molar-refractivity contribution < 1.29 is 9.59 Å². The van der Waals surface area contributed by atoms with Crippen LogP contribution >= 0.6 is 0 Å². The van der Waals surface area contributed by atoms with Crippen molar-refractivity contribution in [3.8, 4) is 11.3 Å². The van der Waals surface area contributed by atoms with E-state index in [4.69, 9.17) is 0 Å². The van der Waals surface area contributed by atoms with Crippen LogP contribution in [0.2, 0.25) is 0 Å². The predicted molar refractivity (Wildman–Crippen MR) is 100 cm³/mol. The summed E-state index contributed by atoms with van der Waals surface area (Å²) in [4.78, 5) is 38.0. The standard InChI is InChI=1S/C19H19N5O3/c25-17-14(8-4-9-20-17)18(26)21-10-5-11-22-19(27)16-12-15(23-24-16)13-6-2-1-3-7-13/h1-4,6-9,12H,5,10-11H2,(H,20,25)(H,21,26)(H,22,27)(H,23,24). The fourth-order valence-electron chi connectivity index (χ4n) is 2.48. The molecule has 0 fully saturated rings. The van der Waals surface area contributed by atoms with Gasteiger partial charge in [0, 0.05) is 24.8 Å². The molecule has 8 nitrogen and oxygen atoms in total. The summed E-state index contributed by atoms with van der Waals surface area (Å²) in [6.07, 6.45) is 2.00. The smallest absolute Gasteiger partial charge is 0.269 e. The number of rotatable bonds is 7. The Kier molecular flexibility index (Phi) is 5.78. The lowest BCUT2D eigenvalue weighted by Gasteiger charge is -2.05. The Labute approximate surface area is 155 Å². The van der Waals surface area contributed by atoms with Gasteiger partial charge in [-0.3, -0.25) is 19.5 Å². The highest BCUT2D eigenvalue weighted by Crippen LogP contribution is 2.16. The largest absolute Gasteiger partial charge is 0.352 e. The summed E-state index contributed by atoms with van der Waals surface area (Å²) in [6.45, 7) is 0.718. The molecule has 1 aromatic carbocycles. The number of carbonyl (C=O) groups excluding carboxylic acids is 2. The Morgan fingerprint density at radius 2 is 1.70 bits per heavy atom. The number of hydrogen-bond donors (Lipinski definition) is 4. The zero-order valence-corrected chi connectivity index (χ0v) is 14.5. The first-order valence-electron chi connectivity index (χ1n) is 8.50. The summed E-state index contributed by atoms with van der Waals surface area (Å²) in [5.74, 6) is -0.709. The number of aromatic nitrogens is 3. The van der Waals surface area contributed by atoms with Crippen molar-refractivity contribution in [3.05, 3.63) is 76.3 Å². The summed E-state index contributed by atoms with van der Waals surface area (Å²) in [5, 5.41) is 12.3. The number of carbonyl (C=O) groups is 2. The van der Waals surface area contributed by atoms with Crippen LogP contribution < -0.4 is 16.2 Å². The van der Waals surface area contributed by atoms with Crippen molar-refractivity contribution in [1.29, 1.82) is 0 Å². The Balaban J connectivity index is 1.43. The summed E-state index contributed by atoms with van der Waals surface area (Å²) in [7, 11) is 0. The molecule has 0 spiro atoms. The van der Waals surface area contributed by atoms with Crippen molar-refractivity contribution in [1.82, 2.24) is 25.8 Å². The first kappa shape index (κ1) is 18.1. The zero-order chi connectivity index (χ0) is 19.1. The van der Waals surface area contributed by atoms with Gasteiger partial charge in [-0.05, 0) is 24.6 Å². The van der Waals surface area contributed by atoms with Crippen LogP contribution in [0.4, 0.5) is 0 Å². The third-order valence-electron chi connectivity index (χ3n) is 3.88. The van der Waals surface area contributed by atoms with E-state index >= 15 is 0 Å². The van der Waals surface area contributed by atoms with Crippen LogP contribution in [0.5, 0.6) is 0 Å². The minimum absolute atomic E-state index is 0.0624. The number of benzene rings is 1. The highest BCUT2D eigenvalue weighted by atomic mass is 16.2. The van der Waals surface area contributed by atoms with Crippen LogP contribution in [0, 0.1) is 0 Å². The number of H-pyrrole nitrogens is 2. The lowest BCUT2D eigenvalue weighted by Crippen LogP contribution is -2.32. The van der Waals surface area contributed by atoms with Gasteiger partial charge in [0.15, 0.2) is 0 Å². The molecule has 3 aromatic rings. The molecule has 3 rings (SSSR count). The average molecular weight is 365 g/mol. The molecule has 0 radical (unpaired) electrons. The molecule has 0 unspecified atom stereocenters. The monoisotopic (exact) mass is 365 g/mol. The molecule has 0 bridgehead atoms. The summed E-state index contributed by atoms with van der Waals surface area (Å²) >= 11 is 0. The van der Waals surface area contributed by atoms with E-state index in [0.29, 0.717) is 30.9 Å². The van der Waals surface area contributed by atoms with Crippen molar-refractivity contribution >= 4 is 11.8 Å². The van der Waals surface area contributed by atoms with Gasteiger partial charge in [-0.1, -0.05) is 30.3 Å². The van der Waals surface area contributed by atoms with E-state index in [0.717, 1.165) is 5.56 Å². The molecule has 0 atom stereocenters. The van der Waals surface area contributed by atoms with Crippen molar-refractivity contribution in [2.45, 2.75) is 6.42 Å². The number of pyridine rings is 1. The van der Waals surface area contributed by atoms with Gasteiger partial charge in [0.05, 0.1) is 5.69 Å². The van der Waals surface area contributed by atoms with Crippen LogP contribution in [0.15, 0.2) is 59.5 Å². The highest BCUT2D eigenvalue weighted by molar-refractivity contribution is 5.94. The van der Waals surface area contributed by atoms with E-state index in [-0.39, 0.29) is 11.5 Å². The molecule has 0 saturated heterocycles. The van der Waals surface area contributed by atoms with Crippen molar-refractivity contribution in [3.63, 3.8) is 0 Å². The van der Waals surface area contributed by atoms with Gasteiger partial charge in [-0.15, -0.1) is 0 Å². The molecule has 0 saturated carbocycles. The summed E-state index contributed by atoms with van der Waals surface area (Å²) < 4.78 is 0. The summed E-state index contributed by atoms with van der Waals surface area (Å²) in [5.41, 5.74) is 1.62. The normalized spacial score (nSPS) is 10.4.